The minimum Gasteiger partial charge on any atom is -0.398 e. The van der Waals surface area contributed by atoms with Gasteiger partial charge in [0.05, 0.1) is 5.56 Å². The Morgan fingerprint density at radius 1 is 1.53 bits per heavy atom. The zero-order chi connectivity index (χ0) is 13.8. The molecule has 0 unspecified atom stereocenters. The molecular formula is C12H14FN5O. The van der Waals surface area contributed by atoms with Gasteiger partial charge in [0.1, 0.15) is 11.6 Å². The number of anilines is 1. The highest BCUT2D eigenvalue weighted by atomic mass is 19.1. The number of hydrogen-bond donors (Lipinski definition) is 3. The number of benzene rings is 1. The van der Waals surface area contributed by atoms with Crippen LogP contribution in [-0.2, 0) is 6.42 Å². The van der Waals surface area contributed by atoms with Gasteiger partial charge in [-0.25, -0.2) is 9.37 Å². The van der Waals surface area contributed by atoms with E-state index in [9.17, 15) is 9.18 Å². The highest BCUT2D eigenvalue weighted by Gasteiger charge is 2.10. The molecule has 0 bridgehead atoms. The fraction of sp³-hybridized carbons (Fsp3) is 0.250. The molecule has 2 aromatic rings. The van der Waals surface area contributed by atoms with Gasteiger partial charge in [0.2, 0.25) is 0 Å². The van der Waals surface area contributed by atoms with Crippen molar-refractivity contribution in [2.75, 3.05) is 12.3 Å². The summed E-state index contributed by atoms with van der Waals surface area (Å²) in [5.74, 6) is 0.545. The SMILES string of the molecule is Cc1nc(CCNC(=O)c2ccc(F)cc2N)n[nH]1. The maximum Gasteiger partial charge on any atom is 0.253 e. The molecule has 1 aromatic carbocycles. The lowest BCUT2D eigenvalue weighted by atomic mass is 10.1. The van der Waals surface area contributed by atoms with E-state index in [2.05, 4.69) is 20.5 Å². The number of halogens is 1. The summed E-state index contributed by atoms with van der Waals surface area (Å²) in [4.78, 5) is 15.9. The van der Waals surface area contributed by atoms with Gasteiger partial charge in [-0.15, -0.1) is 0 Å². The second kappa shape index (κ2) is 5.47. The van der Waals surface area contributed by atoms with Gasteiger partial charge in [-0.3, -0.25) is 9.89 Å². The summed E-state index contributed by atoms with van der Waals surface area (Å²) in [6, 6.07) is 3.67. The Morgan fingerprint density at radius 3 is 2.95 bits per heavy atom. The van der Waals surface area contributed by atoms with Crippen molar-refractivity contribution in [1.82, 2.24) is 20.5 Å². The maximum absolute atomic E-state index is 12.9. The van der Waals surface area contributed by atoms with Crippen LogP contribution >= 0.6 is 0 Å². The number of nitrogen functional groups attached to an aromatic ring is 1. The highest BCUT2D eigenvalue weighted by molar-refractivity contribution is 5.99. The fourth-order valence-electron chi connectivity index (χ4n) is 1.62. The summed E-state index contributed by atoms with van der Waals surface area (Å²) in [7, 11) is 0. The van der Waals surface area contributed by atoms with Gasteiger partial charge in [0.25, 0.3) is 5.91 Å². The molecule has 1 aromatic heterocycles. The lowest BCUT2D eigenvalue weighted by Crippen LogP contribution is -2.26. The Morgan fingerprint density at radius 2 is 2.32 bits per heavy atom. The van der Waals surface area contributed by atoms with Crippen LogP contribution in [0.25, 0.3) is 0 Å². The third-order valence-electron chi connectivity index (χ3n) is 2.54. The number of aromatic amines is 1. The molecule has 0 aliphatic carbocycles. The Kier molecular flexibility index (Phi) is 3.74. The van der Waals surface area contributed by atoms with Crippen molar-refractivity contribution in [2.45, 2.75) is 13.3 Å². The van der Waals surface area contributed by atoms with E-state index in [-0.39, 0.29) is 17.2 Å². The van der Waals surface area contributed by atoms with E-state index in [4.69, 9.17) is 5.73 Å². The third-order valence-corrected chi connectivity index (χ3v) is 2.54. The molecule has 7 heteroatoms. The van der Waals surface area contributed by atoms with Gasteiger partial charge in [-0.1, -0.05) is 0 Å². The van der Waals surface area contributed by atoms with Crippen molar-refractivity contribution >= 4 is 11.6 Å². The third kappa shape index (κ3) is 3.27. The number of hydrogen-bond acceptors (Lipinski definition) is 4. The zero-order valence-corrected chi connectivity index (χ0v) is 10.4. The van der Waals surface area contributed by atoms with Gasteiger partial charge < -0.3 is 11.1 Å². The van der Waals surface area contributed by atoms with Crippen LogP contribution in [0.3, 0.4) is 0 Å². The molecule has 2 rings (SSSR count). The quantitative estimate of drug-likeness (QED) is 0.711. The monoisotopic (exact) mass is 263 g/mol. The standard InChI is InChI=1S/C12H14FN5O/c1-7-16-11(18-17-7)4-5-15-12(19)9-3-2-8(13)6-10(9)14/h2-3,6H,4-5,14H2,1H3,(H,15,19)(H,16,17,18). The van der Waals surface area contributed by atoms with E-state index < -0.39 is 5.82 Å². The molecule has 100 valence electrons. The topological polar surface area (TPSA) is 96.7 Å². The second-order valence-electron chi connectivity index (χ2n) is 4.07. The van der Waals surface area contributed by atoms with Crippen LogP contribution in [0, 0.1) is 12.7 Å². The Balaban J connectivity index is 1.90. The predicted molar refractivity (Wildman–Crippen MR) is 68.0 cm³/mol. The molecule has 4 N–H and O–H groups in total. The van der Waals surface area contributed by atoms with E-state index in [0.29, 0.717) is 18.8 Å². The van der Waals surface area contributed by atoms with Crippen LogP contribution in [0.15, 0.2) is 18.2 Å². The van der Waals surface area contributed by atoms with Crippen molar-refractivity contribution in [3.8, 4) is 0 Å². The first-order valence-corrected chi connectivity index (χ1v) is 5.77. The first-order valence-electron chi connectivity index (χ1n) is 5.77. The van der Waals surface area contributed by atoms with Crippen molar-refractivity contribution < 1.29 is 9.18 Å². The van der Waals surface area contributed by atoms with E-state index in [0.717, 1.165) is 11.9 Å². The van der Waals surface area contributed by atoms with Crippen molar-refractivity contribution in [3.63, 3.8) is 0 Å². The molecule has 0 fully saturated rings. The minimum atomic E-state index is -0.467. The Hall–Kier alpha value is -2.44. The van der Waals surface area contributed by atoms with E-state index in [1.807, 2.05) is 0 Å². The van der Waals surface area contributed by atoms with Gasteiger partial charge in [0, 0.05) is 18.7 Å². The van der Waals surface area contributed by atoms with Crippen LogP contribution in [-0.4, -0.2) is 27.6 Å². The lowest BCUT2D eigenvalue weighted by molar-refractivity contribution is 0.0955. The Labute approximate surface area is 109 Å². The number of carbonyl (C=O) groups excluding carboxylic acids is 1. The number of H-pyrrole nitrogens is 1. The van der Waals surface area contributed by atoms with Gasteiger partial charge in [-0.2, -0.15) is 5.10 Å². The summed E-state index contributed by atoms with van der Waals surface area (Å²) in [5, 5.41) is 9.35. The number of aryl methyl sites for hydroxylation is 1. The lowest BCUT2D eigenvalue weighted by Gasteiger charge is -2.06. The highest BCUT2D eigenvalue weighted by Crippen LogP contribution is 2.12. The number of nitrogens with zero attached hydrogens (tertiary/aromatic N) is 2. The van der Waals surface area contributed by atoms with Gasteiger partial charge in [-0.05, 0) is 25.1 Å². The number of carbonyl (C=O) groups is 1. The number of rotatable bonds is 4. The van der Waals surface area contributed by atoms with Crippen LogP contribution in [0.2, 0.25) is 0 Å². The van der Waals surface area contributed by atoms with E-state index in [1.165, 1.54) is 12.1 Å². The molecule has 6 nitrogen and oxygen atoms in total. The number of amides is 1. The molecule has 0 saturated heterocycles. The molecule has 1 amide bonds. The molecule has 0 saturated carbocycles. The zero-order valence-electron chi connectivity index (χ0n) is 10.4. The molecule has 19 heavy (non-hydrogen) atoms. The average Bonchev–Trinajstić information content (AvgIpc) is 2.75. The molecule has 1 heterocycles. The first kappa shape index (κ1) is 13.0. The summed E-state index contributed by atoms with van der Waals surface area (Å²) in [6.07, 6.45) is 0.511. The number of nitrogens with one attached hydrogen (secondary N) is 2. The number of aromatic nitrogens is 3. The summed E-state index contributed by atoms with van der Waals surface area (Å²) < 4.78 is 12.9. The molecule has 0 spiro atoms. The van der Waals surface area contributed by atoms with Crippen molar-refractivity contribution in [1.29, 1.82) is 0 Å². The summed E-state index contributed by atoms with van der Waals surface area (Å²) >= 11 is 0. The van der Waals surface area contributed by atoms with Crippen molar-refractivity contribution in [3.05, 3.63) is 41.2 Å². The van der Waals surface area contributed by atoms with E-state index >= 15 is 0 Å². The predicted octanol–water partition coefficient (Wildman–Crippen LogP) is 0.807. The second-order valence-corrected chi connectivity index (χ2v) is 4.07. The molecular weight excluding hydrogens is 249 g/mol. The average molecular weight is 263 g/mol. The molecule has 0 aliphatic heterocycles. The smallest absolute Gasteiger partial charge is 0.253 e. The fourth-order valence-corrected chi connectivity index (χ4v) is 1.62. The van der Waals surface area contributed by atoms with Gasteiger partial charge >= 0.3 is 0 Å². The minimum absolute atomic E-state index is 0.117. The maximum atomic E-state index is 12.9. The van der Waals surface area contributed by atoms with Crippen LogP contribution in [0.1, 0.15) is 22.0 Å². The summed E-state index contributed by atoms with van der Waals surface area (Å²) in [5.41, 5.74) is 5.95. The molecule has 0 radical (unpaired) electrons. The number of nitrogens with two attached hydrogens (primary N) is 1. The van der Waals surface area contributed by atoms with Crippen LogP contribution in [0.5, 0.6) is 0 Å². The Bertz CT molecular complexity index is 596. The molecule has 0 atom stereocenters. The summed E-state index contributed by atoms with van der Waals surface area (Å²) in [6.45, 7) is 2.18. The van der Waals surface area contributed by atoms with Crippen LogP contribution < -0.4 is 11.1 Å². The largest absolute Gasteiger partial charge is 0.398 e. The first-order chi connectivity index (χ1) is 9.06. The van der Waals surface area contributed by atoms with Crippen molar-refractivity contribution in [2.24, 2.45) is 0 Å². The van der Waals surface area contributed by atoms with Crippen LogP contribution in [0.4, 0.5) is 10.1 Å². The van der Waals surface area contributed by atoms with Gasteiger partial charge in [0.15, 0.2) is 5.82 Å². The normalized spacial score (nSPS) is 10.4. The van der Waals surface area contributed by atoms with E-state index in [1.54, 1.807) is 6.92 Å². The molecule has 0 aliphatic rings.